The normalized spacial score (nSPS) is 16.1. The van der Waals surface area contributed by atoms with Gasteiger partial charge in [-0.3, -0.25) is 19.1 Å². The van der Waals surface area contributed by atoms with Crippen LogP contribution in [0.15, 0.2) is 58.4 Å². The second-order valence-corrected chi connectivity index (χ2v) is 8.17. The Morgan fingerprint density at radius 2 is 2.06 bits per heavy atom. The molecule has 1 aliphatic rings. The van der Waals surface area contributed by atoms with Crippen LogP contribution in [-0.2, 0) is 6.61 Å². The summed E-state index contributed by atoms with van der Waals surface area (Å²) in [6.45, 7) is 1.95. The summed E-state index contributed by atoms with van der Waals surface area (Å²) in [5.41, 5.74) is 0.294. The third-order valence-electron chi connectivity index (χ3n) is 5.43. The Balaban J connectivity index is 1.48. The SMILES string of the molecule is CN(C)[C@H]1CCN(c2ccc(-n3ccc(OCc4ccc(Cl)cn4)cc3=O)c(=O)[nH]2)C1. The van der Waals surface area contributed by atoms with Gasteiger partial charge in [-0.05, 0) is 50.8 Å². The molecule has 4 rings (SSSR count). The number of nitrogens with one attached hydrogen (secondary N) is 1. The van der Waals surface area contributed by atoms with Gasteiger partial charge in [0.15, 0.2) is 0 Å². The van der Waals surface area contributed by atoms with E-state index in [9.17, 15) is 9.59 Å². The van der Waals surface area contributed by atoms with E-state index in [1.165, 1.54) is 23.0 Å². The predicted octanol–water partition coefficient (Wildman–Crippen LogP) is 2.29. The molecule has 0 spiro atoms. The first-order chi connectivity index (χ1) is 14.9. The summed E-state index contributed by atoms with van der Waals surface area (Å²) >= 11 is 5.82. The van der Waals surface area contributed by atoms with E-state index in [1.54, 1.807) is 24.3 Å². The average molecular weight is 442 g/mol. The Morgan fingerprint density at radius 3 is 2.71 bits per heavy atom. The van der Waals surface area contributed by atoms with Gasteiger partial charge in [0.25, 0.3) is 11.1 Å². The molecule has 0 saturated carbocycles. The fraction of sp³-hybridized carbons (Fsp3) is 0.318. The Kier molecular flexibility index (Phi) is 6.11. The van der Waals surface area contributed by atoms with Crippen molar-refractivity contribution >= 4 is 17.4 Å². The van der Waals surface area contributed by atoms with Crippen LogP contribution in [0, 0.1) is 0 Å². The first-order valence-corrected chi connectivity index (χ1v) is 10.4. The summed E-state index contributed by atoms with van der Waals surface area (Å²) in [6.07, 6.45) is 4.12. The van der Waals surface area contributed by atoms with Crippen molar-refractivity contribution in [3.8, 4) is 11.4 Å². The highest BCUT2D eigenvalue weighted by molar-refractivity contribution is 6.30. The van der Waals surface area contributed by atoms with Gasteiger partial charge < -0.3 is 19.5 Å². The van der Waals surface area contributed by atoms with Gasteiger partial charge in [-0.25, -0.2) is 0 Å². The lowest BCUT2D eigenvalue weighted by molar-refractivity contribution is 0.300. The molecule has 31 heavy (non-hydrogen) atoms. The number of likely N-dealkylation sites (N-methyl/N-ethyl adjacent to an activating group) is 1. The second kappa shape index (κ2) is 8.95. The molecule has 3 aromatic heterocycles. The summed E-state index contributed by atoms with van der Waals surface area (Å²) in [7, 11) is 4.12. The highest BCUT2D eigenvalue weighted by Crippen LogP contribution is 2.20. The Morgan fingerprint density at radius 1 is 1.23 bits per heavy atom. The number of rotatable bonds is 6. The van der Waals surface area contributed by atoms with Crippen molar-refractivity contribution in [2.24, 2.45) is 0 Å². The third-order valence-corrected chi connectivity index (χ3v) is 5.66. The largest absolute Gasteiger partial charge is 0.487 e. The molecule has 1 N–H and O–H groups in total. The molecule has 0 unspecified atom stereocenters. The van der Waals surface area contributed by atoms with Crippen LogP contribution in [0.5, 0.6) is 5.75 Å². The van der Waals surface area contributed by atoms with Crippen LogP contribution in [0.1, 0.15) is 12.1 Å². The zero-order valence-electron chi connectivity index (χ0n) is 17.4. The molecule has 0 amide bonds. The molecule has 0 bridgehead atoms. The van der Waals surface area contributed by atoms with Gasteiger partial charge in [-0.15, -0.1) is 0 Å². The Bertz CT molecular complexity index is 1170. The van der Waals surface area contributed by atoms with E-state index in [0.29, 0.717) is 22.5 Å². The monoisotopic (exact) mass is 441 g/mol. The highest BCUT2D eigenvalue weighted by atomic mass is 35.5. The maximum atomic E-state index is 12.7. The predicted molar refractivity (Wildman–Crippen MR) is 121 cm³/mol. The van der Waals surface area contributed by atoms with Gasteiger partial charge in [0.1, 0.15) is 23.9 Å². The Hall–Kier alpha value is -3.10. The lowest BCUT2D eigenvalue weighted by Gasteiger charge is -2.21. The van der Waals surface area contributed by atoms with Gasteiger partial charge >= 0.3 is 0 Å². The van der Waals surface area contributed by atoms with Gasteiger partial charge in [0.05, 0.1) is 10.7 Å². The molecule has 4 heterocycles. The summed E-state index contributed by atoms with van der Waals surface area (Å²) in [5, 5.41) is 0.546. The lowest BCUT2D eigenvalue weighted by Crippen LogP contribution is -2.32. The molecule has 0 radical (unpaired) electrons. The van der Waals surface area contributed by atoms with Crippen molar-refractivity contribution in [3.63, 3.8) is 0 Å². The number of aromatic amines is 1. The minimum atomic E-state index is -0.353. The number of pyridine rings is 3. The zero-order chi connectivity index (χ0) is 22.0. The first kappa shape index (κ1) is 21.1. The van der Waals surface area contributed by atoms with E-state index in [1.807, 2.05) is 6.07 Å². The van der Waals surface area contributed by atoms with E-state index in [0.717, 1.165) is 25.3 Å². The number of hydrogen-bond donors (Lipinski definition) is 1. The van der Waals surface area contributed by atoms with Crippen LogP contribution in [0.25, 0.3) is 5.69 Å². The quantitative estimate of drug-likeness (QED) is 0.632. The fourth-order valence-electron chi connectivity index (χ4n) is 3.61. The van der Waals surface area contributed by atoms with Gasteiger partial charge in [0, 0.05) is 37.6 Å². The molecule has 0 aliphatic carbocycles. The number of anilines is 1. The molecule has 9 heteroatoms. The molecule has 1 aliphatic heterocycles. The van der Waals surface area contributed by atoms with Crippen LogP contribution in [0.4, 0.5) is 5.82 Å². The summed E-state index contributed by atoms with van der Waals surface area (Å²) in [4.78, 5) is 36.7. The molecule has 8 nitrogen and oxygen atoms in total. The van der Waals surface area contributed by atoms with E-state index >= 15 is 0 Å². The first-order valence-electron chi connectivity index (χ1n) is 10.0. The van der Waals surface area contributed by atoms with Crippen molar-refractivity contribution in [3.05, 3.63) is 80.2 Å². The summed E-state index contributed by atoms with van der Waals surface area (Å²) in [5.74, 6) is 1.17. The number of halogens is 1. The van der Waals surface area contributed by atoms with Crippen LogP contribution >= 0.6 is 11.6 Å². The molecular formula is C22H24ClN5O3. The van der Waals surface area contributed by atoms with E-state index < -0.39 is 0 Å². The van der Waals surface area contributed by atoms with E-state index in [2.05, 4.69) is 33.9 Å². The lowest BCUT2D eigenvalue weighted by atomic mass is 10.2. The molecule has 162 valence electrons. The number of hydrogen-bond acceptors (Lipinski definition) is 6. The van der Waals surface area contributed by atoms with Crippen LogP contribution < -0.4 is 20.8 Å². The Labute approximate surface area is 184 Å². The maximum Gasteiger partial charge on any atom is 0.273 e. The number of nitrogens with zero attached hydrogens (tertiary/aromatic N) is 4. The topological polar surface area (TPSA) is 83.5 Å². The van der Waals surface area contributed by atoms with Crippen LogP contribution in [0.2, 0.25) is 5.02 Å². The minimum absolute atomic E-state index is 0.208. The highest BCUT2D eigenvalue weighted by Gasteiger charge is 2.24. The molecular weight excluding hydrogens is 418 g/mol. The molecule has 1 saturated heterocycles. The summed E-state index contributed by atoms with van der Waals surface area (Å²) < 4.78 is 6.94. The van der Waals surface area contributed by atoms with Crippen molar-refractivity contribution in [1.82, 2.24) is 19.4 Å². The van der Waals surface area contributed by atoms with E-state index in [-0.39, 0.29) is 23.4 Å². The standard InChI is InChI=1S/C22H24ClN5O3/c1-26(2)17-7-9-27(13-17)20-6-5-19(22(30)25-20)28-10-8-18(11-21(28)29)31-14-16-4-3-15(23)12-24-16/h3-6,8,10-12,17H,7,9,13-14H2,1-2H3,(H,25,30)/t17-/m0/s1. The van der Waals surface area contributed by atoms with Crippen LogP contribution in [0.3, 0.4) is 0 Å². The van der Waals surface area contributed by atoms with Crippen LogP contribution in [-0.4, -0.2) is 52.7 Å². The van der Waals surface area contributed by atoms with Crippen molar-refractivity contribution in [1.29, 1.82) is 0 Å². The van der Waals surface area contributed by atoms with Gasteiger partial charge in [-0.1, -0.05) is 11.6 Å². The molecule has 3 aromatic rings. The molecule has 0 aromatic carbocycles. The fourth-order valence-corrected chi connectivity index (χ4v) is 3.72. The van der Waals surface area contributed by atoms with Crippen molar-refractivity contribution in [2.45, 2.75) is 19.1 Å². The van der Waals surface area contributed by atoms with Crippen molar-refractivity contribution in [2.75, 3.05) is 32.1 Å². The average Bonchev–Trinajstić information content (AvgIpc) is 3.25. The van der Waals surface area contributed by atoms with Gasteiger partial charge in [0.2, 0.25) is 0 Å². The third kappa shape index (κ3) is 4.81. The molecule has 1 fully saturated rings. The van der Waals surface area contributed by atoms with E-state index in [4.69, 9.17) is 16.3 Å². The number of H-pyrrole nitrogens is 1. The maximum absolute atomic E-state index is 12.7. The smallest absolute Gasteiger partial charge is 0.273 e. The zero-order valence-corrected chi connectivity index (χ0v) is 18.2. The van der Waals surface area contributed by atoms with Crippen molar-refractivity contribution < 1.29 is 4.74 Å². The second-order valence-electron chi connectivity index (χ2n) is 7.74. The minimum Gasteiger partial charge on any atom is -0.487 e. The molecule has 1 atom stereocenters. The number of ether oxygens (including phenoxy) is 1. The summed E-state index contributed by atoms with van der Waals surface area (Å²) in [6, 6.07) is 10.5. The number of aromatic nitrogens is 3. The van der Waals surface area contributed by atoms with Gasteiger partial charge in [-0.2, -0.15) is 0 Å².